The summed E-state index contributed by atoms with van der Waals surface area (Å²) in [5.41, 5.74) is 5.93. The number of carbonyl (C=O) groups is 3. The van der Waals surface area contributed by atoms with Gasteiger partial charge in [-0.25, -0.2) is 4.79 Å². The molecule has 0 saturated carbocycles. The molecule has 0 aliphatic rings. The molecule has 2 amide bonds. The Bertz CT molecular complexity index is 521. The molecule has 0 aliphatic carbocycles. The molecule has 0 heterocycles. The number of nitrogens with one attached hydrogen (secondary N) is 1. The van der Waals surface area contributed by atoms with E-state index in [2.05, 4.69) is 5.32 Å². The number of aliphatic carboxylic acids is 1. The molecular weight excluding hydrogens is 316 g/mol. The third kappa shape index (κ3) is 7.01. The summed E-state index contributed by atoms with van der Waals surface area (Å²) in [5, 5.41) is 11.8. The number of carboxylic acids is 1. The molecule has 8 heteroatoms. The quantitative estimate of drug-likeness (QED) is 0.659. The predicted octanol–water partition coefficient (Wildman–Crippen LogP) is 1.02. The molecule has 0 aromatic heterocycles. The van der Waals surface area contributed by atoms with Gasteiger partial charge in [0.05, 0.1) is 12.2 Å². The second-order valence-corrected chi connectivity index (χ2v) is 5.67. The number of hydrogen-bond acceptors (Lipinski definition) is 4. The molecule has 4 N–H and O–H groups in total. The van der Waals surface area contributed by atoms with Gasteiger partial charge in [0.15, 0.2) is 0 Å². The SMILES string of the molecule is NC(=O)C[C@H](NC(=O)CSCc1ccc(Cl)cc1)C(=O)O. The lowest BCUT2D eigenvalue weighted by atomic mass is 10.2. The fraction of sp³-hybridized carbons (Fsp3) is 0.308. The van der Waals surface area contributed by atoms with E-state index in [9.17, 15) is 14.4 Å². The Hall–Kier alpha value is -1.73. The number of carboxylic acid groups (broad SMARTS) is 1. The van der Waals surface area contributed by atoms with Gasteiger partial charge in [-0.15, -0.1) is 11.8 Å². The summed E-state index contributed by atoms with van der Waals surface area (Å²) in [6, 6.07) is 5.92. The number of carbonyl (C=O) groups excluding carboxylic acids is 2. The van der Waals surface area contributed by atoms with Gasteiger partial charge in [0.25, 0.3) is 0 Å². The average Bonchev–Trinajstić information content (AvgIpc) is 2.39. The van der Waals surface area contributed by atoms with Gasteiger partial charge in [0.1, 0.15) is 6.04 Å². The van der Waals surface area contributed by atoms with E-state index >= 15 is 0 Å². The number of primary amides is 1. The zero-order valence-electron chi connectivity index (χ0n) is 11.0. The molecule has 0 radical (unpaired) electrons. The van der Waals surface area contributed by atoms with Crippen LogP contribution in [0.3, 0.4) is 0 Å². The first kappa shape index (κ1) is 17.3. The number of thioether (sulfide) groups is 1. The lowest BCUT2D eigenvalue weighted by Crippen LogP contribution is -2.44. The van der Waals surface area contributed by atoms with Crippen molar-refractivity contribution in [1.82, 2.24) is 5.32 Å². The van der Waals surface area contributed by atoms with Crippen molar-refractivity contribution in [3.05, 3.63) is 34.9 Å². The monoisotopic (exact) mass is 330 g/mol. The maximum atomic E-state index is 11.6. The Labute approximate surface area is 131 Å². The second kappa shape index (κ2) is 8.53. The molecule has 0 spiro atoms. The van der Waals surface area contributed by atoms with Crippen molar-refractivity contribution in [2.45, 2.75) is 18.2 Å². The zero-order chi connectivity index (χ0) is 15.8. The molecule has 0 fully saturated rings. The normalized spacial score (nSPS) is 11.7. The first-order valence-corrected chi connectivity index (χ1v) is 7.54. The van der Waals surface area contributed by atoms with Crippen LogP contribution in [0.25, 0.3) is 0 Å². The number of halogens is 1. The minimum atomic E-state index is -1.29. The summed E-state index contributed by atoms with van der Waals surface area (Å²) in [7, 11) is 0. The van der Waals surface area contributed by atoms with Crippen LogP contribution in [0.5, 0.6) is 0 Å². The molecule has 21 heavy (non-hydrogen) atoms. The van der Waals surface area contributed by atoms with Crippen LogP contribution >= 0.6 is 23.4 Å². The molecule has 1 aromatic carbocycles. The van der Waals surface area contributed by atoms with E-state index in [4.69, 9.17) is 22.4 Å². The average molecular weight is 331 g/mol. The number of hydrogen-bond donors (Lipinski definition) is 3. The minimum absolute atomic E-state index is 0.0885. The summed E-state index contributed by atoms with van der Waals surface area (Å²) in [4.78, 5) is 33.2. The van der Waals surface area contributed by atoms with Gasteiger partial charge >= 0.3 is 5.97 Å². The van der Waals surface area contributed by atoms with Crippen LogP contribution in [0.15, 0.2) is 24.3 Å². The van der Waals surface area contributed by atoms with Gasteiger partial charge in [-0.1, -0.05) is 23.7 Å². The molecule has 0 bridgehead atoms. The third-order valence-corrected chi connectivity index (χ3v) is 3.71. The van der Waals surface area contributed by atoms with Gasteiger partial charge in [-0.3, -0.25) is 9.59 Å². The lowest BCUT2D eigenvalue weighted by molar-refractivity contribution is -0.143. The van der Waals surface area contributed by atoms with E-state index < -0.39 is 30.2 Å². The van der Waals surface area contributed by atoms with Crippen molar-refractivity contribution in [1.29, 1.82) is 0 Å². The first-order chi connectivity index (χ1) is 9.88. The molecule has 6 nitrogen and oxygen atoms in total. The van der Waals surface area contributed by atoms with Crippen LogP contribution in [0.1, 0.15) is 12.0 Å². The Morgan fingerprint density at radius 3 is 2.43 bits per heavy atom. The van der Waals surface area contributed by atoms with Crippen LogP contribution in [0.4, 0.5) is 0 Å². The summed E-state index contributed by atoms with van der Waals surface area (Å²) in [6.07, 6.45) is -0.428. The van der Waals surface area contributed by atoms with Crippen LogP contribution in [0.2, 0.25) is 5.02 Å². The maximum absolute atomic E-state index is 11.6. The van der Waals surface area contributed by atoms with Crippen molar-refractivity contribution in [3.8, 4) is 0 Å². The topological polar surface area (TPSA) is 109 Å². The van der Waals surface area contributed by atoms with Crippen LogP contribution < -0.4 is 11.1 Å². The summed E-state index contributed by atoms with van der Waals surface area (Å²) < 4.78 is 0. The first-order valence-electron chi connectivity index (χ1n) is 6.01. The van der Waals surface area contributed by atoms with Crippen molar-refractivity contribution in [3.63, 3.8) is 0 Å². The molecule has 1 atom stereocenters. The standard InChI is InChI=1S/C13H15ClN2O4S/c14-9-3-1-8(2-4-9)6-21-7-12(18)16-10(13(19)20)5-11(15)17/h1-4,10H,5-7H2,(H2,15,17)(H,16,18)(H,19,20)/t10-/m0/s1. The van der Waals surface area contributed by atoms with Crippen molar-refractivity contribution in [2.24, 2.45) is 5.73 Å². The van der Waals surface area contributed by atoms with Crippen LogP contribution in [-0.4, -0.2) is 34.7 Å². The summed E-state index contributed by atoms with van der Waals surface area (Å²) in [5.74, 6) is -1.84. The zero-order valence-corrected chi connectivity index (χ0v) is 12.6. The van der Waals surface area contributed by atoms with Gasteiger partial charge < -0.3 is 16.2 Å². The highest BCUT2D eigenvalue weighted by Gasteiger charge is 2.21. The maximum Gasteiger partial charge on any atom is 0.326 e. The van der Waals surface area contributed by atoms with Gasteiger partial charge in [-0.2, -0.15) is 0 Å². The molecule has 0 unspecified atom stereocenters. The Balaban J connectivity index is 2.37. The van der Waals surface area contributed by atoms with E-state index in [1.165, 1.54) is 11.8 Å². The Kier molecular flexibility index (Phi) is 7.04. The van der Waals surface area contributed by atoms with E-state index in [-0.39, 0.29) is 5.75 Å². The Morgan fingerprint density at radius 1 is 1.29 bits per heavy atom. The second-order valence-electron chi connectivity index (χ2n) is 4.25. The van der Waals surface area contributed by atoms with E-state index in [1.807, 2.05) is 12.1 Å². The molecule has 1 aromatic rings. The van der Waals surface area contributed by atoms with Crippen LogP contribution in [0, 0.1) is 0 Å². The van der Waals surface area contributed by atoms with Gasteiger partial charge in [0.2, 0.25) is 11.8 Å². The number of amides is 2. The smallest absolute Gasteiger partial charge is 0.326 e. The number of benzene rings is 1. The molecular formula is C13H15ClN2O4S. The number of rotatable bonds is 8. The van der Waals surface area contributed by atoms with E-state index in [1.54, 1.807) is 12.1 Å². The highest BCUT2D eigenvalue weighted by atomic mass is 35.5. The van der Waals surface area contributed by atoms with Crippen molar-refractivity contribution < 1.29 is 19.5 Å². The largest absolute Gasteiger partial charge is 0.480 e. The van der Waals surface area contributed by atoms with Crippen LogP contribution in [-0.2, 0) is 20.1 Å². The minimum Gasteiger partial charge on any atom is -0.480 e. The van der Waals surface area contributed by atoms with Gasteiger partial charge in [-0.05, 0) is 17.7 Å². The van der Waals surface area contributed by atoms with Crippen molar-refractivity contribution >= 4 is 41.1 Å². The highest BCUT2D eigenvalue weighted by molar-refractivity contribution is 7.99. The predicted molar refractivity (Wildman–Crippen MR) is 81.0 cm³/mol. The van der Waals surface area contributed by atoms with E-state index in [0.29, 0.717) is 10.8 Å². The molecule has 0 saturated heterocycles. The highest BCUT2D eigenvalue weighted by Crippen LogP contribution is 2.15. The molecule has 0 aliphatic heterocycles. The van der Waals surface area contributed by atoms with Crippen molar-refractivity contribution in [2.75, 3.05) is 5.75 Å². The lowest BCUT2D eigenvalue weighted by Gasteiger charge is -2.12. The van der Waals surface area contributed by atoms with E-state index in [0.717, 1.165) is 5.56 Å². The molecule has 1 rings (SSSR count). The Morgan fingerprint density at radius 2 is 1.90 bits per heavy atom. The molecule has 114 valence electrons. The third-order valence-electron chi connectivity index (χ3n) is 2.45. The summed E-state index contributed by atoms with van der Waals surface area (Å²) in [6.45, 7) is 0. The van der Waals surface area contributed by atoms with Gasteiger partial charge in [0, 0.05) is 10.8 Å². The number of nitrogens with two attached hydrogens (primary N) is 1. The summed E-state index contributed by atoms with van der Waals surface area (Å²) >= 11 is 7.09. The fourth-order valence-corrected chi connectivity index (χ4v) is 2.40. The fourth-order valence-electron chi connectivity index (χ4n) is 1.48.